The van der Waals surface area contributed by atoms with Gasteiger partial charge in [-0.15, -0.1) is 0 Å². The van der Waals surface area contributed by atoms with E-state index in [-0.39, 0.29) is 5.91 Å². The van der Waals surface area contributed by atoms with Crippen molar-refractivity contribution in [3.05, 3.63) is 59.7 Å². The molecule has 1 unspecified atom stereocenters. The number of carbonyl (C=O) groups is 1. The molecular weight excluding hydrogens is 350 g/mol. The Morgan fingerprint density at radius 3 is 2.75 bits per heavy atom. The van der Waals surface area contributed by atoms with E-state index < -0.39 is 0 Å². The van der Waals surface area contributed by atoms with Crippen LogP contribution in [0.5, 0.6) is 0 Å². The van der Waals surface area contributed by atoms with Crippen molar-refractivity contribution in [2.45, 2.75) is 32.2 Å². The molecule has 0 aliphatic carbocycles. The van der Waals surface area contributed by atoms with Gasteiger partial charge in [-0.2, -0.15) is 0 Å². The maximum atomic E-state index is 13.0. The van der Waals surface area contributed by atoms with Crippen molar-refractivity contribution in [3.8, 4) is 0 Å². The average Bonchev–Trinajstić information content (AvgIpc) is 3.10. The van der Waals surface area contributed by atoms with E-state index in [9.17, 15) is 4.79 Å². The molecule has 4 N–H and O–H groups in total. The second kappa shape index (κ2) is 8.42. The first-order chi connectivity index (χ1) is 13.5. The largest absolute Gasteiger partial charge is 0.404 e. The minimum atomic E-state index is -0.0591. The number of benzene rings is 1. The van der Waals surface area contributed by atoms with Crippen LogP contribution in [0.1, 0.15) is 31.4 Å². The number of nitrogens with zero attached hydrogens (tertiary/aromatic N) is 3. The van der Waals surface area contributed by atoms with E-state index in [2.05, 4.69) is 41.8 Å². The summed E-state index contributed by atoms with van der Waals surface area (Å²) >= 11 is 0. The number of hydrogen-bond donors (Lipinski definition) is 2. The topological polar surface area (TPSA) is 80.5 Å². The van der Waals surface area contributed by atoms with E-state index in [1.54, 1.807) is 11.0 Å². The monoisotopic (exact) mass is 381 g/mol. The van der Waals surface area contributed by atoms with Crippen molar-refractivity contribution in [2.24, 2.45) is 11.5 Å². The molecule has 2 aromatic rings. The van der Waals surface area contributed by atoms with Crippen molar-refractivity contribution < 1.29 is 4.79 Å². The molecule has 0 radical (unpaired) electrons. The van der Waals surface area contributed by atoms with Crippen molar-refractivity contribution in [1.82, 2.24) is 14.4 Å². The van der Waals surface area contributed by atoms with Gasteiger partial charge < -0.3 is 25.8 Å². The molecule has 1 aromatic heterocycles. The highest BCUT2D eigenvalue weighted by molar-refractivity contribution is 5.96. The molecule has 150 valence electrons. The Morgan fingerprint density at radius 1 is 1.32 bits per heavy atom. The minimum Gasteiger partial charge on any atom is -0.404 e. The summed E-state index contributed by atoms with van der Waals surface area (Å²) in [4.78, 5) is 16.7. The summed E-state index contributed by atoms with van der Waals surface area (Å²) in [5, 5.41) is 1.26. The van der Waals surface area contributed by atoms with Gasteiger partial charge in [-0.3, -0.25) is 4.79 Å². The second-order valence-corrected chi connectivity index (χ2v) is 7.55. The molecule has 1 fully saturated rings. The summed E-state index contributed by atoms with van der Waals surface area (Å²) < 4.78 is 2.37. The number of nitrogens with two attached hydrogens (primary N) is 2. The number of hydrogen-bond acceptors (Lipinski definition) is 4. The Hall–Kier alpha value is -2.89. The first-order valence-electron chi connectivity index (χ1n) is 9.90. The van der Waals surface area contributed by atoms with Crippen LogP contribution in [-0.2, 0) is 11.3 Å². The molecule has 6 heteroatoms. The molecule has 1 saturated heterocycles. The van der Waals surface area contributed by atoms with E-state index in [1.165, 1.54) is 22.8 Å². The number of rotatable bonds is 5. The molecule has 1 aliphatic rings. The van der Waals surface area contributed by atoms with Crippen LogP contribution in [-0.4, -0.2) is 47.5 Å². The zero-order valence-corrected chi connectivity index (χ0v) is 17.1. The maximum Gasteiger partial charge on any atom is 0.255 e. The zero-order valence-electron chi connectivity index (χ0n) is 17.1. The summed E-state index contributed by atoms with van der Waals surface area (Å²) in [7, 11) is 3.68. The molecule has 6 nitrogen and oxygen atoms in total. The Balaban J connectivity index is 1.85. The number of piperidine rings is 1. The molecular formula is C22H31N5O. The number of likely N-dealkylation sites (tertiary alicyclic amines) is 1. The van der Waals surface area contributed by atoms with Gasteiger partial charge in [0, 0.05) is 57.1 Å². The molecule has 0 spiro atoms. The number of para-hydroxylation sites is 1. The Labute approximate surface area is 167 Å². The van der Waals surface area contributed by atoms with Gasteiger partial charge in [0.05, 0.1) is 11.4 Å². The first-order valence-corrected chi connectivity index (χ1v) is 9.90. The number of aryl methyl sites for hydroxylation is 1. The van der Waals surface area contributed by atoms with Gasteiger partial charge in [0.2, 0.25) is 0 Å². The van der Waals surface area contributed by atoms with Crippen molar-refractivity contribution >= 4 is 16.8 Å². The number of fused-ring (bicyclic) bond motifs is 1. The predicted octanol–water partition coefficient (Wildman–Crippen LogP) is 2.57. The smallest absolute Gasteiger partial charge is 0.255 e. The third kappa shape index (κ3) is 3.86. The molecule has 3 rings (SSSR count). The lowest BCUT2D eigenvalue weighted by Gasteiger charge is -2.33. The fourth-order valence-corrected chi connectivity index (χ4v) is 3.98. The summed E-state index contributed by atoms with van der Waals surface area (Å²) in [6.45, 7) is 4.53. The number of carbonyl (C=O) groups excluding carboxylic acids is 1. The fraction of sp³-hybridized carbons (Fsp3) is 0.409. The molecule has 1 aliphatic heterocycles. The molecule has 28 heavy (non-hydrogen) atoms. The summed E-state index contributed by atoms with van der Waals surface area (Å²) in [5.74, 6) is 0.764. The molecule has 2 heterocycles. The van der Waals surface area contributed by atoms with Gasteiger partial charge in [0.15, 0.2) is 0 Å². The number of amides is 1. The van der Waals surface area contributed by atoms with Gasteiger partial charge in [0.1, 0.15) is 0 Å². The summed E-state index contributed by atoms with van der Waals surface area (Å²) in [6.07, 6.45) is 5.06. The molecule has 1 amide bonds. The fourth-order valence-electron chi connectivity index (χ4n) is 3.98. The Morgan fingerprint density at radius 2 is 2.07 bits per heavy atom. The van der Waals surface area contributed by atoms with Crippen molar-refractivity contribution in [2.75, 3.05) is 27.2 Å². The quantitative estimate of drug-likeness (QED) is 0.616. The minimum absolute atomic E-state index is 0.0591. The average molecular weight is 382 g/mol. The van der Waals surface area contributed by atoms with Crippen LogP contribution < -0.4 is 11.5 Å². The van der Waals surface area contributed by atoms with E-state index in [4.69, 9.17) is 11.5 Å². The summed E-state index contributed by atoms with van der Waals surface area (Å²) in [5.41, 5.74) is 14.7. The normalized spacial score (nSPS) is 18.5. The van der Waals surface area contributed by atoms with Crippen LogP contribution in [0, 0.1) is 0 Å². The molecule has 1 atom stereocenters. The highest BCUT2D eigenvalue weighted by atomic mass is 16.2. The van der Waals surface area contributed by atoms with Crippen LogP contribution in [0.4, 0.5) is 0 Å². The van der Waals surface area contributed by atoms with E-state index in [0.717, 1.165) is 25.9 Å². The standard InChI is InChI=1S/C22H31N5O/c1-4-27-19-10-6-5-8-16(19)12-20(27)17-9-7-11-26(15-17)22(28)18(14-23)13-21(24)25(2)3/h5-6,8,10,12-14,17H,4,7,9,11,15,23-24H2,1-3H3/b18-14+,21-13+. The Kier molecular flexibility index (Phi) is 5.97. The lowest BCUT2D eigenvalue weighted by Crippen LogP contribution is -2.40. The van der Waals surface area contributed by atoms with Gasteiger partial charge in [-0.05, 0) is 43.4 Å². The Bertz CT molecular complexity index is 909. The van der Waals surface area contributed by atoms with Gasteiger partial charge >= 0.3 is 0 Å². The van der Waals surface area contributed by atoms with Crippen LogP contribution in [0.25, 0.3) is 10.9 Å². The zero-order chi connectivity index (χ0) is 20.3. The van der Waals surface area contributed by atoms with Gasteiger partial charge in [-0.25, -0.2) is 0 Å². The number of aromatic nitrogens is 1. The summed E-state index contributed by atoms with van der Waals surface area (Å²) in [6, 6.07) is 10.7. The molecule has 0 saturated carbocycles. The lowest BCUT2D eigenvalue weighted by molar-refractivity contribution is -0.128. The molecule has 1 aromatic carbocycles. The second-order valence-electron chi connectivity index (χ2n) is 7.55. The maximum absolute atomic E-state index is 13.0. The highest BCUT2D eigenvalue weighted by Crippen LogP contribution is 2.32. The van der Waals surface area contributed by atoms with Crippen LogP contribution in [0.15, 0.2) is 54.0 Å². The predicted molar refractivity (Wildman–Crippen MR) is 114 cm³/mol. The van der Waals surface area contributed by atoms with Crippen molar-refractivity contribution in [3.63, 3.8) is 0 Å². The first kappa shape index (κ1) is 19.9. The van der Waals surface area contributed by atoms with Gasteiger partial charge in [-0.1, -0.05) is 18.2 Å². The van der Waals surface area contributed by atoms with Crippen LogP contribution in [0.2, 0.25) is 0 Å². The van der Waals surface area contributed by atoms with Crippen LogP contribution in [0.3, 0.4) is 0 Å². The third-order valence-electron chi connectivity index (χ3n) is 5.53. The van der Waals surface area contributed by atoms with Crippen molar-refractivity contribution in [1.29, 1.82) is 0 Å². The highest BCUT2D eigenvalue weighted by Gasteiger charge is 2.28. The van der Waals surface area contributed by atoms with Gasteiger partial charge in [0.25, 0.3) is 5.91 Å². The SMILES string of the molecule is CCn1c(C2CCCN(C(=O)C(=C/N)/C=C(\N)N(C)C)C2)cc2ccccc21. The third-order valence-corrected chi connectivity index (χ3v) is 5.53. The van der Waals surface area contributed by atoms with E-state index >= 15 is 0 Å². The lowest BCUT2D eigenvalue weighted by atomic mass is 9.94. The van der Waals surface area contributed by atoms with Crippen LogP contribution >= 0.6 is 0 Å². The molecule has 0 bridgehead atoms. The van der Waals surface area contributed by atoms with E-state index in [1.807, 2.05) is 19.0 Å². The van der Waals surface area contributed by atoms with E-state index in [0.29, 0.717) is 23.9 Å².